The Bertz CT molecular complexity index is 1040. The Hall–Kier alpha value is -2.06. The van der Waals surface area contributed by atoms with Gasteiger partial charge in [0.1, 0.15) is 13.2 Å². The maximum absolute atomic E-state index is 5.55. The summed E-state index contributed by atoms with van der Waals surface area (Å²) in [4.78, 5) is 7.23. The van der Waals surface area contributed by atoms with Gasteiger partial charge in [-0.05, 0) is 47.7 Å². The molecule has 5 rings (SSSR count). The van der Waals surface area contributed by atoms with E-state index in [1.54, 1.807) is 0 Å². The molecule has 3 aliphatic rings. The van der Waals surface area contributed by atoms with Gasteiger partial charge in [0, 0.05) is 54.3 Å². The van der Waals surface area contributed by atoms with Crippen LogP contribution in [0.4, 0.5) is 10.7 Å². The summed E-state index contributed by atoms with van der Waals surface area (Å²) in [5.41, 5.74) is 3.80. The fourth-order valence-electron chi connectivity index (χ4n) is 4.16. The summed E-state index contributed by atoms with van der Waals surface area (Å²) in [6, 6.07) is 13.5. The molecule has 1 aromatic heterocycles. The fourth-order valence-corrected chi connectivity index (χ4v) is 6.51. The van der Waals surface area contributed by atoms with Gasteiger partial charge in [-0.1, -0.05) is 12.1 Å². The smallest absolute Gasteiger partial charge is 0.239 e. The quantitative estimate of drug-likeness (QED) is 0.629. The minimum absolute atomic E-state index is 0.809. The molecule has 2 aromatic rings. The molecule has 5 nitrogen and oxygen atoms in total. The van der Waals surface area contributed by atoms with E-state index in [9.17, 15) is 0 Å². The Labute approximate surface area is 198 Å². The number of nitrogens with zero attached hydrogens (tertiary/aromatic N) is 3. The number of allylic oxidation sites excluding steroid dienone is 1. The average Bonchev–Trinajstić information content (AvgIpc) is 3.52. The summed E-state index contributed by atoms with van der Waals surface area (Å²) < 4.78 is 13.5. The molecule has 2 saturated heterocycles. The van der Waals surface area contributed by atoms with Crippen LogP contribution < -0.4 is 9.80 Å². The Morgan fingerprint density at radius 2 is 1.62 bits per heavy atom. The van der Waals surface area contributed by atoms with Crippen molar-refractivity contribution in [3.63, 3.8) is 0 Å². The van der Waals surface area contributed by atoms with Gasteiger partial charge in [0.15, 0.2) is 13.1 Å². The topological polar surface area (TPSA) is 27.9 Å². The highest BCUT2D eigenvalue weighted by atomic mass is 32.2. The largest absolute Gasteiger partial charge is 0.378 e. The molecule has 1 aromatic carbocycles. The van der Waals surface area contributed by atoms with Crippen LogP contribution in [0.3, 0.4) is 0 Å². The molecule has 4 heterocycles. The first-order valence-corrected chi connectivity index (χ1v) is 12.8. The van der Waals surface area contributed by atoms with Gasteiger partial charge < -0.3 is 19.3 Å². The van der Waals surface area contributed by atoms with Gasteiger partial charge in [0.25, 0.3) is 0 Å². The van der Waals surface area contributed by atoms with Crippen molar-refractivity contribution < 1.29 is 14.0 Å². The van der Waals surface area contributed by atoms with E-state index in [0.717, 1.165) is 52.6 Å². The number of hydrogen-bond acceptors (Lipinski definition) is 6. The molecule has 0 unspecified atom stereocenters. The van der Waals surface area contributed by atoms with E-state index in [2.05, 4.69) is 77.0 Å². The van der Waals surface area contributed by atoms with E-state index in [1.165, 1.54) is 36.7 Å². The van der Waals surface area contributed by atoms with E-state index in [0.29, 0.717) is 0 Å². The maximum atomic E-state index is 5.55. The lowest BCUT2D eigenvalue weighted by Crippen LogP contribution is -2.35. The van der Waals surface area contributed by atoms with Crippen molar-refractivity contribution in [1.82, 2.24) is 0 Å². The minimum Gasteiger partial charge on any atom is -0.378 e. The van der Waals surface area contributed by atoms with Crippen molar-refractivity contribution in [1.29, 1.82) is 0 Å². The number of ether oxygens (including phenoxy) is 2. The first-order chi connectivity index (χ1) is 15.7. The number of hydrogen-bond donors (Lipinski definition) is 0. The van der Waals surface area contributed by atoms with E-state index in [-0.39, 0.29) is 0 Å². The van der Waals surface area contributed by atoms with Crippen LogP contribution in [-0.4, -0.2) is 76.3 Å². The highest BCUT2D eigenvalue weighted by molar-refractivity contribution is 8.18. The van der Waals surface area contributed by atoms with Gasteiger partial charge in [-0.15, -0.1) is 11.3 Å². The van der Waals surface area contributed by atoms with Crippen molar-refractivity contribution in [3.05, 3.63) is 63.9 Å². The molecule has 168 valence electrons. The Kier molecular flexibility index (Phi) is 6.69. The third-order valence-corrected chi connectivity index (χ3v) is 8.32. The van der Waals surface area contributed by atoms with Gasteiger partial charge in [-0.25, -0.2) is 4.58 Å². The highest BCUT2D eigenvalue weighted by Crippen LogP contribution is 2.42. The van der Waals surface area contributed by atoms with Gasteiger partial charge in [-0.2, -0.15) is 0 Å². The predicted molar refractivity (Wildman–Crippen MR) is 137 cm³/mol. The zero-order valence-corrected chi connectivity index (χ0v) is 20.4. The molecule has 2 fully saturated rings. The van der Waals surface area contributed by atoms with E-state index >= 15 is 0 Å². The number of thioether (sulfide) groups is 1. The van der Waals surface area contributed by atoms with Crippen molar-refractivity contribution >= 4 is 44.4 Å². The summed E-state index contributed by atoms with van der Waals surface area (Å²) >= 11 is 3.78. The molecule has 32 heavy (non-hydrogen) atoms. The molecule has 0 N–H and O–H groups in total. The second-order valence-corrected chi connectivity index (χ2v) is 10.4. The van der Waals surface area contributed by atoms with Crippen LogP contribution in [0.25, 0.3) is 5.57 Å². The fraction of sp³-hybridized carbons (Fsp3) is 0.400. The molecule has 7 heteroatoms. The first-order valence-electron chi connectivity index (χ1n) is 11.2. The van der Waals surface area contributed by atoms with Crippen LogP contribution in [0.2, 0.25) is 0 Å². The number of benzene rings is 1. The van der Waals surface area contributed by atoms with Crippen molar-refractivity contribution in [3.8, 4) is 0 Å². The summed E-state index contributed by atoms with van der Waals surface area (Å²) in [5, 5.41) is 2.66. The van der Waals surface area contributed by atoms with E-state index in [1.807, 2.05) is 23.1 Å². The van der Waals surface area contributed by atoms with Crippen molar-refractivity contribution in [2.45, 2.75) is 0 Å². The number of rotatable bonds is 4. The molecule has 0 radical (unpaired) electrons. The van der Waals surface area contributed by atoms with Crippen molar-refractivity contribution in [2.75, 3.05) is 76.5 Å². The molecule has 0 saturated carbocycles. The van der Waals surface area contributed by atoms with E-state index in [4.69, 9.17) is 9.47 Å². The SMILES string of the molecule is CN(C)c1ccc(/C(=C2\C=CC(=[N+]3CCOCC3)S2)c2ccc(N3CCOCC3)s2)cc1. The third kappa shape index (κ3) is 4.66. The Morgan fingerprint density at radius 3 is 2.34 bits per heavy atom. The second-order valence-electron chi connectivity index (χ2n) is 8.29. The summed E-state index contributed by atoms with van der Waals surface area (Å²) in [5.74, 6) is 0. The molecule has 0 spiro atoms. The summed E-state index contributed by atoms with van der Waals surface area (Å²) in [6.07, 6.45) is 4.56. The molecular formula is C25H30N3O2S2+. The molecule has 0 aliphatic carbocycles. The highest BCUT2D eigenvalue weighted by Gasteiger charge is 2.25. The zero-order valence-electron chi connectivity index (χ0n) is 18.8. The predicted octanol–water partition coefficient (Wildman–Crippen LogP) is 4.15. The van der Waals surface area contributed by atoms with E-state index < -0.39 is 0 Å². The average molecular weight is 469 g/mol. The molecule has 3 aliphatic heterocycles. The second kappa shape index (κ2) is 9.83. The maximum Gasteiger partial charge on any atom is 0.239 e. The van der Waals surface area contributed by atoms with Gasteiger partial charge in [0.05, 0.1) is 18.2 Å². The first kappa shape index (κ1) is 21.8. The van der Waals surface area contributed by atoms with Crippen LogP contribution in [0, 0.1) is 0 Å². The van der Waals surface area contributed by atoms with Crippen LogP contribution in [0.15, 0.2) is 53.5 Å². The van der Waals surface area contributed by atoms with Crippen LogP contribution >= 0.6 is 23.1 Å². The van der Waals surface area contributed by atoms with Crippen LogP contribution in [0.1, 0.15) is 10.4 Å². The monoisotopic (exact) mass is 468 g/mol. The standard InChI is InChI=1S/C25H30N3O2S2/c1-26(2)20-5-3-19(4-6-20)25(21-7-9-23(31-21)27-11-15-29-16-12-27)22-8-10-24(32-22)28-13-17-30-18-14-28/h3-10H,11-18H2,1-2H3/q+1. The van der Waals surface area contributed by atoms with Gasteiger partial charge in [-0.3, -0.25) is 0 Å². The minimum atomic E-state index is 0.809. The number of morpholine rings is 2. The number of thiophene rings is 1. The normalized spacial score (nSPS) is 20.8. The molecule has 0 atom stereocenters. The summed E-state index contributed by atoms with van der Waals surface area (Å²) in [6.45, 7) is 7.10. The molecule has 0 amide bonds. The Morgan fingerprint density at radius 1 is 0.906 bits per heavy atom. The van der Waals surface area contributed by atoms with Crippen LogP contribution in [0.5, 0.6) is 0 Å². The molecule has 0 bridgehead atoms. The summed E-state index contributed by atoms with van der Waals surface area (Å²) in [7, 11) is 4.17. The van der Waals surface area contributed by atoms with Crippen LogP contribution in [-0.2, 0) is 9.47 Å². The lowest BCUT2D eigenvalue weighted by Gasteiger charge is -2.27. The molecular weight excluding hydrogens is 438 g/mol. The number of anilines is 2. The van der Waals surface area contributed by atoms with Gasteiger partial charge >= 0.3 is 0 Å². The van der Waals surface area contributed by atoms with Gasteiger partial charge in [0.2, 0.25) is 5.04 Å². The van der Waals surface area contributed by atoms with Crippen molar-refractivity contribution in [2.24, 2.45) is 0 Å². The third-order valence-electron chi connectivity index (χ3n) is 5.99. The zero-order chi connectivity index (χ0) is 21.9. The lowest BCUT2D eigenvalue weighted by atomic mass is 10.0. The Balaban J connectivity index is 1.52. The lowest BCUT2D eigenvalue weighted by molar-refractivity contribution is -0.546.